The van der Waals surface area contributed by atoms with Gasteiger partial charge in [-0.1, -0.05) is 0 Å². The van der Waals surface area contributed by atoms with E-state index in [1.807, 2.05) is 0 Å². The number of aromatic nitrogens is 2. The van der Waals surface area contributed by atoms with Gasteiger partial charge in [-0.2, -0.15) is 4.98 Å². The summed E-state index contributed by atoms with van der Waals surface area (Å²) in [6, 6.07) is 1.47. The summed E-state index contributed by atoms with van der Waals surface area (Å²) >= 11 is 0. The molecular weight excluding hydrogens is 262 g/mol. The van der Waals surface area contributed by atoms with Crippen LogP contribution in [0.5, 0.6) is 0 Å². The van der Waals surface area contributed by atoms with E-state index in [0.717, 1.165) is 0 Å². The summed E-state index contributed by atoms with van der Waals surface area (Å²) < 4.78 is 6.77. The van der Waals surface area contributed by atoms with Crippen LogP contribution in [0.15, 0.2) is 17.1 Å². The molecule has 1 aromatic heterocycles. The summed E-state index contributed by atoms with van der Waals surface area (Å²) in [5.41, 5.74) is 4.14. The molecule has 2 heterocycles. The van der Waals surface area contributed by atoms with E-state index in [9.17, 15) is 15.0 Å². The highest BCUT2D eigenvalue weighted by Gasteiger charge is 2.67. The molecule has 3 rings (SSSR count). The van der Waals surface area contributed by atoms with Crippen LogP contribution in [0, 0.1) is 5.92 Å². The third-order valence-corrected chi connectivity index (χ3v) is 3.53. The fourth-order valence-corrected chi connectivity index (χ4v) is 2.45. The lowest BCUT2D eigenvalue weighted by molar-refractivity contribution is -0.0926. The van der Waals surface area contributed by atoms with Crippen molar-refractivity contribution in [1.29, 1.82) is 0 Å². The lowest BCUT2D eigenvalue weighted by atomic mass is 10.2. The Bertz CT molecular complexity index is 522. The number of nitrogen functional groups attached to an aromatic ring is 1. The van der Waals surface area contributed by atoms with E-state index in [0.29, 0.717) is 6.42 Å². The highest BCUT2D eigenvalue weighted by Crippen LogP contribution is 2.58. The SMILES string of the molecule is Cl.Nc1ccn([C@@H]2O[C@@]3(CO)C[C@H]3[C@H]2O)c(=O)n1. The number of aliphatic hydroxyl groups is 2. The highest BCUT2D eigenvalue weighted by atomic mass is 35.5. The summed E-state index contributed by atoms with van der Waals surface area (Å²) in [4.78, 5) is 15.2. The Morgan fingerprint density at radius 2 is 2.39 bits per heavy atom. The van der Waals surface area contributed by atoms with Crippen LogP contribution in [0.25, 0.3) is 0 Å². The molecule has 4 N–H and O–H groups in total. The minimum absolute atomic E-state index is 0. The number of aliphatic hydroxyl groups excluding tert-OH is 2. The van der Waals surface area contributed by atoms with Gasteiger partial charge in [0, 0.05) is 12.1 Å². The van der Waals surface area contributed by atoms with Crippen molar-refractivity contribution in [3.8, 4) is 0 Å². The minimum atomic E-state index is -0.801. The van der Waals surface area contributed by atoms with Gasteiger partial charge in [0.1, 0.15) is 11.9 Å². The van der Waals surface area contributed by atoms with Crippen LogP contribution < -0.4 is 11.4 Å². The van der Waals surface area contributed by atoms with E-state index in [2.05, 4.69) is 4.98 Å². The number of fused-ring (bicyclic) bond motifs is 1. The lowest BCUT2D eigenvalue weighted by Crippen LogP contribution is -2.34. The number of hydrogen-bond acceptors (Lipinski definition) is 6. The van der Waals surface area contributed by atoms with Crippen molar-refractivity contribution in [1.82, 2.24) is 9.55 Å². The average molecular weight is 276 g/mol. The second kappa shape index (κ2) is 4.20. The van der Waals surface area contributed by atoms with Gasteiger partial charge in [-0.15, -0.1) is 12.4 Å². The predicted molar refractivity (Wildman–Crippen MR) is 64.2 cm³/mol. The molecule has 4 atom stereocenters. The molecule has 1 aliphatic heterocycles. The normalized spacial score (nSPS) is 36.9. The molecule has 0 amide bonds. The van der Waals surface area contributed by atoms with E-state index in [-0.39, 0.29) is 30.7 Å². The molecule has 2 aliphatic rings. The second-order valence-corrected chi connectivity index (χ2v) is 4.57. The first-order valence-electron chi connectivity index (χ1n) is 5.39. The summed E-state index contributed by atoms with van der Waals surface area (Å²) in [5, 5.41) is 19.2. The van der Waals surface area contributed by atoms with E-state index >= 15 is 0 Å². The van der Waals surface area contributed by atoms with Crippen LogP contribution >= 0.6 is 12.4 Å². The zero-order valence-corrected chi connectivity index (χ0v) is 10.2. The quantitative estimate of drug-likeness (QED) is 0.631. The molecular formula is C10H14ClN3O4. The fourth-order valence-electron chi connectivity index (χ4n) is 2.45. The monoisotopic (exact) mass is 275 g/mol. The number of halogens is 1. The molecule has 0 unspecified atom stereocenters. The number of nitrogens with zero attached hydrogens (tertiary/aromatic N) is 2. The molecule has 1 saturated carbocycles. The lowest BCUT2D eigenvalue weighted by Gasteiger charge is -2.21. The Kier molecular flexibility index (Phi) is 3.10. The first-order valence-corrected chi connectivity index (χ1v) is 5.39. The second-order valence-electron chi connectivity index (χ2n) is 4.57. The maximum atomic E-state index is 11.6. The fraction of sp³-hybridized carbons (Fsp3) is 0.600. The summed E-state index contributed by atoms with van der Waals surface area (Å²) in [6.45, 7) is -0.150. The van der Waals surface area contributed by atoms with Gasteiger partial charge in [0.25, 0.3) is 0 Å². The van der Waals surface area contributed by atoms with Crippen LogP contribution in [0.1, 0.15) is 12.6 Å². The Labute approximate surface area is 109 Å². The number of nitrogens with two attached hydrogens (primary N) is 1. The van der Waals surface area contributed by atoms with Gasteiger partial charge in [-0.05, 0) is 12.5 Å². The average Bonchev–Trinajstić information content (AvgIpc) is 2.95. The molecule has 1 aromatic rings. The van der Waals surface area contributed by atoms with Crippen LogP contribution in [0.3, 0.4) is 0 Å². The Balaban J connectivity index is 0.00000120. The van der Waals surface area contributed by atoms with Gasteiger partial charge in [-0.25, -0.2) is 4.79 Å². The van der Waals surface area contributed by atoms with Crippen molar-refractivity contribution in [2.24, 2.45) is 5.92 Å². The van der Waals surface area contributed by atoms with Crippen molar-refractivity contribution in [3.05, 3.63) is 22.7 Å². The molecule has 1 saturated heterocycles. The summed E-state index contributed by atoms with van der Waals surface area (Å²) in [6.07, 6.45) is 0.471. The van der Waals surface area contributed by atoms with Gasteiger partial charge in [-0.3, -0.25) is 4.57 Å². The van der Waals surface area contributed by atoms with Gasteiger partial charge >= 0.3 is 5.69 Å². The molecule has 18 heavy (non-hydrogen) atoms. The van der Waals surface area contributed by atoms with Crippen molar-refractivity contribution >= 4 is 18.2 Å². The van der Waals surface area contributed by atoms with Gasteiger partial charge < -0.3 is 20.7 Å². The predicted octanol–water partition coefficient (Wildman–Crippen LogP) is -1.11. The van der Waals surface area contributed by atoms with Crippen LogP contribution in [0.4, 0.5) is 5.82 Å². The first kappa shape index (κ1) is 13.3. The molecule has 8 heteroatoms. The van der Waals surface area contributed by atoms with Crippen LogP contribution in [-0.4, -0.2) is 38.1 Å². The Hall–Kier alpha value is -1.15. The molecule has 1 aliphatic carbocycles. The Morgan fingerprint density at radius 3 is 2.94 bits per heavy atom. The van der Waals surface area contributed by atoms with Crippen molar-refractivity contribution < 1.29 is 14.9 Å². The molecule has 2 fully saturated rings. The van der Waals surface area contributed by atoms with E-state index < -0.39 is 23.6 Å². The standard InChI is InChI=1S/C10H13N3O4.ClH/c11-6-1-2-13(9(16)12-6)8-7(15)5-3-10(5,4-14)17-8;/h1-2,5,7-8,14-15H,3-4H2,(H2,11,12,16);1H/t5-,7+,8+,10+;/m0./s1. The van der Waals surface area contributed by atoms with E-state index in [4.69, 9.17) is 10.5 Å². The number of ether oxygens (including phenoxy) is 1. The van der Waals surface area contributed by atoms with Crippen molar-refractivity contribution in [3.63, 3.8) is 0 Å². The molecule has 0 bridgehead atoms. The molecule has 0 aromatic carbocycles. The molecule has 100 valence electrons. The number of rotatable bonds is 2. The third-order valence-electron chi connectivity index (χ3n) is 3.53. The molecule has 0 radical (unpaired) electrons. The van der Waals surface area contributed by atoms with E-state index in [1.165, 1.54) is 16.8 Å². The topological polar surface area (TPSA) is 111 Å². The smallest absolute Gasteiger partial charge is 0.351 e. The van der Waals surface area contributed by atoms with Gasteiger partial charge in [0.2, 0.25) is 0 Å². The molecule has 0 spiro atoms. The number of anilines is 1. The zero-order valence-electron chi connectivity index (χ0n) is 9.39. The van der Waals surface area contributed by atoms with Gasteiger partial charge in [0.05, 0.1) is 12.2 Å². The minimum Gasteiger partial charge on any atom is -0.393 e. The van der Waals surface area contributed by atoms with Crippen LogP contribution in [0.2, 0.25) is 0 Å². The largest absolute Gasteiger partial charge is 0.393 e. The van der Waals surface area contributed by atoms with E-state index in [1.54, 1.807) is 0 Å². The van der Waals surface area contributed by atoms with Crippen molar-refractivity contribution in [2.75, 3.05) is 12.3 Å². The molecule has 7 nitrogen and oxygen atoms in total. The first-order chi connectivity index (χ1) is 8.07. The summed E-state index contributed by atoms with van der Waals surface area (Å²) in [5.74, 6) is 0.0164. The third kappa shape index (κ3) is 1.71. The van der Waals surface area contributed by atoms with Gasteiger partial charge in [0.15, 0.2) is 6.23 Å². The van der Waals surface area contributed by atoms with Crippen LogP contribution in [-0.2, 0) is 4.74 Å². The summed E-state index contributed by atoms with van der Waals surface area (Å²) in [7, 11) is 0. The maximum Gasteiger partial charge on any atom is 0.351 e. The highest BCUT2D eigenvalue weighted by molar-refractivity contribution is 5.85. The zero-order chi connectivity index (χ0) is 12.2. The Morgan fingerprint density at radius 1 is 1.67 bits per heavy atom. The number of hydrogen-bond donors (Lipinski definition) is 3. The van der Waals surface area contributed by atoms with Crippen molar-refractivity contribution in [2.45, 2.75) is 24.4 Å². The maximum absolute atomic E-state index is 11.6.